The van der Waals surface area contributed by atoms with Crippen molar-refractivity contribution in [3.63, 3.8) is 0 Å². The summed E-state index contributed by atoms with van der Waals surface area (Å²) in [5.74, 6) is 0.156. The van der Waals surface area contributed by atoms with Gasteiger partial charge in [0.2, 0.25) is 0 Å². The van der Waals surface area contributed by atoms with E-state index in [2.05, 4.69) is 15.9 Å². The molecule has 0 aliphatic heterocycles. The Balaban J connectivity index is 2.35. The highest BCUT2D eigenvalue weighted by atomic mass is 79.9. The summed E-state index contributed by atoms with van der Waals surface area (Å²) in [4.78, 5) is 0. The Hall–Kier alpha value is -1.39. The van der Waals surface area contributed by atoms with Crippen LogP contribution >= 0.6 is 15.9 Å². The van der Waals surface area contributed by atoms with E-state index in [1.165, 1.54) is 6.07 Å². The fourth-order valence-corrected chi connectivity index (χ4v) is 2.08. The first-order chi connectivity index (χ1) is 9.11. The van der Waals surface area contributed by atoms with E-state index in [-0.39, 0.29) is 5.75 Å². The number of benzene rings is 2. The van der Waals surface area contributed by atoms with Gasteiger partial charge in [0.1, 0.15) is 5.75 Å². The van der Waals surface area contributed by atoms with E-state index in [9.17, 15) is 9.50 Å². The molecule has 2 aromatic carbocycles. The molecule has 0 unspecified atom stereocenters. The van der Waals surface area contributed by atoms with Gasteiger partial charge in [-0.3, -0.25) is 0 Å². The molecule has 0 amide bonds. The van der Waals surface area contributed by atoms with Crippen molar-refractivity contribution in [3.05, 3.63) is 58.3 Å². The van der Waals surface area contributed by atoms with Crippen LogP contribution < -0.4 is 4.74 Å². The summed E-state index contributed by atoms with van der Waals surface area (Å²) in [6.07, 6.45) is -0.0483. The molecule has 19 heavy (non-hydrogen) atoms. The number of hydrogen-bond acceptors (Lipinski definition) is 2. The molecule has 4 heteroatoms. The maximum atomic E-state index is 13.7. The van der Waals surface area contributed by atoms with E-state index in [0.717, 1.165) is 4.47 Å². The summed E-state index contributed by atoms with van der Waals surface area (Å²) in [6, 6.07) is 11.6. The van der Waals surface area contributed by atoms with Crippen LogP contribution in [0.5, 0.6) is 11.5 Å². The number of hydrogen-bond donors (Lipinski definition) is 1. The van der Waals surface area contributed by atoms with Crippen LogP contribution in [0.4, 0.5) is 4.39 Å². The molecule has 0 aromatic heterocycles. The van der Waals surface area contributed by atoms with E-state index in [4.69, 9.17) is 4.74 Å². The molecule has 0 aliphatic carbocycles. The Morgan fingerprint density at radius 3 is 2.68 bits per heavy atom. The van der Waals surface area contributed by atoms with Gasteiger partial charge < -0.3 is 9.84 Å². The zero-order valence-corrected chi connectivity index (χ0v) is 12.0. The average molecular weight is 325 g/mol. The van der Waals surface area contributed by atoms with Gasteiger partial charge in [-0.15, -0.1) is 0 Å². The second-order valence-electron chi connectivity index (χ2n) is 4.14. The van der Waals surface area contributed by atoms with Crippen molar-refractivity contribution in [2.24, 2.45) is 0 Å². The predicted molar refractivity (Wildman–Crippen MR) is 75.9 cm³/mol. The van der Waals surface area contributed by atoms with Crippen LogP contribution in [0.2, 0.25) is 0 Å². The van der Waals surface area contributed by atoms with Crippen LogP contribution in [0.3, 0.4) is 0 Å². The van der Waals surface area contributed by atoms with Gasteiger partial charge in [-0.25, -0.2) is 4.39 Å². The summed E-state index contributed by atoms with van der Waals surface area (Å²) in [5, 5.41) is 9.93. The van der Waals surface area contributed by atoms with Crippen molar-refractivity contribution in [2.45, 2.75) is 19.4 Å². The molecule has 0 spiro atoms. The molecule has 0 saturated carbocycles. The molecule has 0 heterocycles. The van der Waals surface area contributed by atoms with Gasteiger partial charge in [-0.05, 0) is 30.7 Å². The maximum Gasteiger partial charge on any atom is 0.165 e. The highest BCUT2D eigenvalue weighted by molar-refractivity contribution is 9.10. The topological polar surface area (TPSA) is 29.5 Å². The largest absolute Gasteiger partial charge is 0.454 e. The maximum absolute atomic E-state index is 13.7. The van der Waals surface area contributed by atoms with Crippen LogP contribution in [0.15, 0.2) is 46.9 Å². The van der Waals surface area contributed by atoms with Crippen LogP contribution in [0.1, 0.15) is 25.0 Å². The first-order valence-electron chi connectivity index (χ1n) is 6.01. The number of para-hydroxylation sites is 1. The summed E-state index contributed by atoms with van der Waals surface area (Å²) in [5.41, 5.74) is 0.657. The van der Waals surface area contributed by atoms with Crippen molar-refractivity contribution in [2.75, 3.05) is 0 Å². The van der Waals surface area contributed by atoms with Gasteiger partial charge in [0, 0.05) is 10.0 Å². The minimum atomic E-state index is -0.619. The molecule has 2 rings (SSSR count). The lowest BCUT2D eigenvalue weighted by atomic mass is 10.1. The number of rotatable bonds is 4. The van der Waals surface area contributed by atoms with Gasteiger partial charge in [-0.2, -0.15) is 0 Å². The highest BCUT2D eigenvalue weighted by Crippen LogP contribution is 2.33. The van der Waals surface area contributed by atoms with Crippen LogP contribution in [-0.2, 0) is 0 Å². The minimum absolute atomic E-state index is 0.130. The molecule has 2 aromatic rings. The SMILES string of the molecule is CC[C@H](O)c1ccccc1Oc1cc(Br)ccc1F. The molecule has 0 fully saturated rings. The number of ether oxygens (including phenoxy) is 1. The minimum Gasteiger partial charge on any atom is -0.454 e. The summed E-state index contributed by atoms with van der Waals surface area (Å²) in [6.45, 7) is 1.88. The average Bonchev–Trinajstić information content (AvgIpc) is 2.42. The fraction of sp³-hybridized carbons (Fsp3) is 0.200. The second-order valence-corrected chi connectivity index (χ2v) is 5.05. The van der Waals surface area contributed by atoms with Gasteiger partial charge in [-0.1, -0.05) is 41.1 Å². The molecule has 0 saturated heterocycles. The number of aliphatic hydroxyl groups is 1. The number of halogens is 2. The number of aliphatic hydroxyl groups excluding tert-OH is 1. The summed E-state index contributed by atoms with van der Waals surface area (Å²) >= 11 is 3.27. The third kappa shape index (κ3) is 3.33. The third-order valence-corrected chi connectivity index (χ3v) is 3.27. The quantitative estimate of drug-likeness (QED) is 0.873. The van der Waals surface area contributed by atoms with Crippen molar-refractivity contribution < 1.29 is 14.2 Å². The zero-order valence-electron chi connectivity index (χ0n) is 10.4. The zero-order chi connectivity index (χ0) is 13.8. The van der Waals surface area contributed by atoms with Gasteiger partial charge in [0.15, 0.2) is 11.6 Å². The smallest absolute Gasteiger partial charge is 0.165 e. The Morgan fingerprint density at radius 1 is 1.21 bits per heavy atom. The van der Waals surface area contributed by atoms with Gasteiger partial charge >= 0.3 is 0 Å². The lowest BCUT2D eigenvalue weighted by Crippen LogP contribution is -1.99. The van der Waals surface area contributed by atoms with Crippen LogP contribution in [0.25, 0.3) is 0 Å². The third-order valence-electron chi connectivity index (χ3n) is 2.78. The second kappa shape index (κ2) is 6.17. The van der Waals surface area contributed by atoms with E-state index < -0.39 is 11.9 Å². The highest BCUT2D eigenvalue weighted by Gasteiger charge is 2.13. The normalized spacial score (nSPS) is 12.2. The standard InChI is InChI=1S/C15H14BrFO2/c1-2-13(18)11-5-3-4-6-14(11)19-15-9-10(16)7-8-12(15)17/h3-9,13,18H,2H2,1H3/t13-/m0/s1. The van der Waals surface area contributed by atoms with Gasteiger partial charge in [0.25, 0.3) is 0 Å². The summed E-state index contributed by atoms with van der Waals surface area (Å²) < 4.78 is 20.0. The molecular weight excluding hydrogens is 311 g/mol. The first kappa shape index (κ1) is 14.0. The van der Waals surface area contributed by atoms with Crippen molar-refractivity contribution in [3.8, 4) is 11.5 Å². The van der Waals surface area contributed by atoms with E-state index in [1.807, 2.05) is 13.0 Å². The van der Waals surface area contributed by atoms with Crippen molar-refractivity contribution in [1.82, 2.24) is 0 Å². The molecule has 0 bridgehead atoms. The van der Waals surface area contributed by atoms with Crippen molar-refractivity contribution in [1.29, 1.82) is 0 Å². The first-order valence-corrected chi connectivity index (χ1v) is 6.81. The lowest BCUT2D eigenvalue weighted by Gasteiger charge is -2.15. The molecule has 100 valence electrons. The lowest BCUT2D eigenvalue weighted by molar-refractivity contribution is 0.170. The Bertz CT molecular complexity index is 572. The monoisotopic (exact) mass is 324 g/mol. The van der Waals surface area contributed by atoms with Crippen LogP contribution in [-0.4, -0.2) is 5.11 Å². The molecular formula is C15H14BrFO2. The van der Waals surface area contributed by atoms with E-state index in [0.29, 0.717) is 17.7 Å². The molecule has 1 atom stereocenters. The molecule has 1 N–H and O–H groups in total. The molecule has 0 radical (unpaired) electrons. The van der Waals surface area contributed by atoms with Gasteiger partial charge in [0.05, 0.1) is 6.10 Å². The van der Waals surface area contributed by atoms with E-state index in [1.54, 1.807) is 30.3 Å². The fourth-order valence-electron chi connectivity index (χ4n) is 1.74. The molecule has 2 nitrogen and oxygen atoms in total. The Labute approximate surface area is 120 Å². The summed E-state index contributed by atoms with van der Waals surface area (Å²) in [7, 11) is 0. The predicted octanol–water partition coefficient (Wildman–Crippen LogP) is 4.82. The molecule has 0 aliphatic rings. The Kier molecular flexibility index (Phi) is 4.56. The van der Waals surface area contributed by atoms with Crippen molar-refractivity contribution >= 4 is 15.9 Å². The Morgan fingerprint density at radius 2 is 1.95 bits per heavy atom. The van der Waals surface area contributed by atoms with Crippen LogP contribution in [0, 0.1) is 5.82 Å². The van der Waals surface area contributed by atoms with E-state index >= 15 is 0 Å².